The van der Waals surface area contributed by atoms with Crippen molar-refractivity contribution in [1.29, 1.82) is 0 Å². The first kappa shape index (κ1) is 21.7. The van der Waals surface area contributed by atoms with Gasteiger partial charge in [-0.05, 0) is 47.5 Å². The second kappa shape index (κ2) is 9.34. The standard InChI is InChI=1S/C24H30N4O2S/c1-24(2,3)19-9-11-21(12-10-19)30-17-22-25-27(18-26-13-15-29-16-14-26)23(31)28(22)20-7-5-4-6-8-20/h4-12H,13-18H2,1-3H3. The highest BCUT2D eigenvalue weighted by Gasteiger charge is 2.17. The number of para-hydroxylation sites is 1. The van der Waals surface area contributed by atoms with Crippen LogP contribution >= 0.6 is 12.2 Å². The number of nitrogens with zero attached hydrogens (tertiary/aromatic N) is 4. The molecule has 0 bridgehead atoms. The molecule has 0 unspecified atom stereocenters. The summed E-state index contributed by atoms with van der Waals surface area (Å²) in [7, 11) is 0. The molecular weight excluding hydrogens is 408 g/mol. The van der Waals surface area contributed by atoms with Gasteiger partial charge in [-0.25, -0.2) is 4.68 Å². The second-order valence-corrected chi connectivity index (χ2v) is 9.17. The maximum atomic E-state index is 6.10. The molecule has 1 saturated heterocycles. The van der Waals surface area contributed by atoms with E-state index < -0.39 is 0 Å². The molecule has 0 radical (unpaired) electrons. The van der Waals surface area contributed by atoms with Gasteiger partial charge in [0.2, 0.25) is 4.77 Å². The third-order valence-corrected chi connectivity index (χ3v) is 5.84. The minimum atomic E-state index is 0.115. The summed E-state index contributed by atoms with van der Waals surface area (Å²) in [5, 5.41) is 4.82. The Hall–Kier alpha value is -2.48. The molecule has 164 valence electrons. The lowest BCUT2D eigenvalue weighted by Gasteiger charge is -2.26. The molecule has 0 saturated carbocycles. The Bertz CT molecular complexity index is 1050. The lowest BCUT2D eigenvalue weighted by Crippen LogP contribution is -2.37. The molecule has 6 nitrogen and oxygen atoms in total. The summed E-state index contributed by atoms with van der Waals surface area (Å²) >= 11 is 5.80. The van der Waals surface area contributed by atoms with E-state index in [4.69, 9.17) is 26.8 Å². The lowest BCUT2D eigenvalue weighted by molar-refractivity contribution is 0.0209. The maximum absolute atomic E-state index is 6.10. The summed E-state index contributed by atoms with van der Waals surface area (Å²) in [5.41, 5.74) is 2.38. The highest BCUT2D eigenvalue weighted by Crippen LogP contribution is 2.25. The smallest absolute Gasteiger partial charge is 0.203 e. The van der Waals surface area contributed by atoms with Crippen molar-refractivity contribution in [2.75, 3.05) is 26.3 Å². The largest absolute Gasteiger partial charge is 0.486 e. The first-order valence-electron chi connectivity index (χ1n) is 10.7. The predicted molar refractivity (Wildman–Crippen MR) is 124 cm³/mol. The van der Waals surface area contributed by atoms with Crippen LogP contribution in [0.2, 0.25) is 0 Å². The minimum Gasteiger partial charge on any atom is -0.486 e. The van der Waals surface area contributed by atoms with Crippen LogP contribution in [0.25, 0.3) is 5.69 Å². The molecular formula is C24H30N4O2S. The van der Waals surface area contributed by atoms with Gasteiger partial charge < -0.3 is 9.47 Å². The van der Waals surface area contributed by atoms with Gasteiger partial charge in [0.05, 0.1) is 19.9 Å². The number of benzene rings is 2. The molecule has 7 heteroatoms. The van der Waals surface area contributed by atoms with E-state index in [2.05, 4.69) is 37.8 Å². The number of rotatable bonds is 6. The van der Waals surface area contributed by atoms with Crippen molar-refractivity contribution in [1.82, 2.24) is 19.2 Å². The Morgan fingerprint density at radius 3 is 2.32 bits per heavy atom. The fraction of sp³-hybridized carbons (Fsp3) is 0.417. The van der Waals surface area contributed by atoms with Crippen LogP contribution in [0.1, 0.15) is 32.2 Å². The zero-order valence-electron chi connectivity index (χ0n) is 18.5. The molecule has 1 aromatic heterocycles. The Morgan fingerprint density at radius 2 is 1.68 bits per heavy atom. The first-order chi connectivity index (χ1) is 14.9. The summed E-state index contributed by atoms with van der Waals surface area (Å²) in [5.74, 6) is 1.60. The van der Waals surface area contributed by atoms with Crippen molar-refractivity contribution in [3.8, 4) is 11.4 Å². The quantitative estimate of drug-likeness (QED) is 0.528. The van der Waals surface area contributed by atoms with Gasteiger partial charge >= 0.3 is 0 Å². The van der Waals surface area contributed by atoms with E-state index in [1.54, 1.807) is 0 Å². The maximum Gasteiger partial charge on any atom is 0.203 e. The lowest BCUT2D eigenvalue weighted by atomic mass is 9.87. The van der Waals surface area contributed by atoms with Crippen LogP contribution in [-0.4, -0.2) is 45.6 Å². The zero-order chi connectivity index (χ0) is 21.8. The predicted octanol–water partition coefficient (Wildman–Crippen LogP) is 4.57. The molecule has 0 amide bonds. The van der Waals surface area contributed by atoms with Gasteiger partial charge in [-0.2, -0.15) is 5.10 Å². The topological polar surface area (TPSA) is 44.4 Å². The second-order valence-electron chi connectivity index (χ2n) is 8.80. The highest BCUT2D eigenvalue weighted by molar-refractivity contribution is 7.71. The monoisotopic (exact) mass is 438 g/mol. The molecule has 0 spiro atoms. The van der Waals surface area contributed by atoms with E-state index in [1.165, 1.54) is 5.56 Å². The van der Waals surface area contributed by atoms with Crippen molar-refractivity contribution < 1.29 is 9.47 Å². The molecule has 0 N–H and O–H groups in total. The molecule has 2 heterocycles. The molecule has 1 fully saturated rings. The van der Waals surface area contributed by atoms with Gasteiger partial charge in [0.25, 0.3) is 0 Å². The molecule has 3 aromatic rings. The fourth-order valence-electron chi connectivity index (χ4n) is 3.61. The van der Waals surface area contributed by atoms with Gasteiger partial charge in [0.1, 0.15) is 12.4 Å². The Balaban J connectivity index is 1.58. The minimum absolute atomic E-state index is 0.115. The van der Waals surface area contributed by atoms with Gasteiger partial charge in [-0.15, -0.1) is 0 Å². The zero-order valence-corrected chi connectivity index (χ0v) is 19.3. The fourth-order valence-corrected chi connectivity index (χ4v) is 3.92. The average Bonchev–Trinajstić information content (AvgIpc) is 3.08. The molecule has 0 atom stereocenters. The number of ether oxygens (including phenoxy) is 2. The van der Waals surface area contributed by atoms with E-state index in [1.807, 2.05) is 51.7 Å². The van der Waals surface area contributed by atoms with E-state index >= 15 is 0 Å². The van der Waals surface area contributed by atoms with Gasteiger partial charge in [-0.1, -0.05) is 51.1 Å². The van der Waals surface area contributed by atoms with Crippen LogP contribution in [0.5, 0.6) is 5.75 Å². The number of hydrogen-bond acceptors (Lipinski definition) is 5. The van der Waals surface area contributed by atoms with E-state index in [9.17, 15) is 0 Å². The third-order valence-electron chi connectivity index (χ3n) is 5.45. The van der Waals surface area contributed by atoms with Crippen LogP contribution in [0.15, 0.2) is 54.6 Å². The summed E-state index contributed by atoms with van der Waals surface area (Å²) in [6, 6.07) is 18.4. The summed E-state index contributed by atoms with van der Waals surface area (Å²) in [6.45, 7) is 10.9. The highest BCUT2D eigenvalue weighted by atomic mass is 32.1. The van der Waals surface area contributed by atoms with Gasteiger partial charge in [0, 0.05) is 18.8 Å². The summed E-state index contributed by atoms with van der Waals surface area (Å²) in [4.78, 5) is 2.30. The van der Waals surface area contributed by atoms with Crippen molar-refractivity contribution in [3.05, 3.63) is 70.8 Å². The van der Waals surface area contributed by atoms with Gasteiger partial charge in [0.15, 0.2) is 5.82 Å². The molecule has 4 rings (SSSR count). The van der Waals surface area contributed by atoms with Crippen LogP contribution in [0.3, 0.4) is 0 Å². The van der Waals surface area contributed by atoms with Crippen molar-refractivity contribution in [2.45, 2.75) is 39.5 Å². The summed E-state index contributed by atoms with van der Waals surface area (Å²) in [6.07, 6.45) is 0. The molecule has 1 aliphatic rings. The van der Waals surface area contributed by atoms with Crippen LogP contribution < -0.4 is 4.74 Å². The first-order valence-corrected chi connectivity index (χ1v) is 11.1. The molecule has 2 aromatic carbocycles. The summed E-state index contributed by atoms with van der Waals surface area (Å²) < 4.78 is 16.1. The average molecular weight is 439 g/mol. The van der Waals surface area contributed by atoms with Crippen molar-refractivity contribution >= 4 is 12.2 Å². The van der Waals surface area contributed by atoms with Crippen LogP contribution in [-0.2, 0) is 23.4 Å². The van der Waals surface area contributed by atoms with Crippen molar-refractivity contribution in [3.63, 3.8) is 0 Å². The van der Waals surface area contributed by atoms with E-state index in [-0.39, 0.29) is 5.41 Å². The SMILES string of the molecule is CC(C)(C)c1ccc(OCc2nn(CN3CCOCC3)c(=S)n2-c2ccccc2)cc1. The Kier molecular flexibility index (Phi) is 6.55. The van der Waals surface area contributed by atoms with Crippen LogP contribution in [0, 0.1) is 4.77 Å². The van der Waals surface area contributed by atoms with Crippen molar-refractivity contribution in [2.24, 2.45) is 0 Å². The van der Waals surface area contributed by atoms with E-state index in [0.717, 1.165) is 43.6 Å². The Morgan fingerprint density at radius 1 is 1.00 bits per heavy atom. The number of aromatic nitrogens is 3. The molecule has 31 heavy (non-hydrogen) atoms. The molecule has 0 aliphatic carbocycles. The van der Waals surface area contributed by atoms with Gasteiger partial charge in [-0.3, -0.25) is 9.47 Å². The normalized spacial score (nSPS) is 15.2. The van der Waals surface area contributed by atoms with E-state index in [0.29, 0.717) is 18.0 Å². The van der Waals surface area contributed by atoms with Crippen LogP contribution in [0.4, 0.5) is 0 Å². The Labute approximate surface area is 189 Å². The molecule has 1 aliphatic heterocycles. The number of hydrogen-bond donors (Lipinski definition) is 0. The number of morpholine rings is 1. The third kappa shape index (κ3) is 5.23.